The minimum Gasteiger partial charge on any atom is -0.387 e. The molecule has 0 aromatic carbocycles. The molecule has 0 aromatic rings. The van der Waals surface area contributed by atoms with E-state index in [9.17, 15) is 5.11 Å². The lowest BCUT2D eigenvalue weighted by Gasteiger charge is -2.32. The zero-order valence-corrected chi connectivity index (χ0v) is 8.80. The Morgan fingerprint density at radius 1 is 0.929 bits per heavy atom. The first-order valence-corrected chi connectivity index (χ1v) is 6.17. The van der Waals surface area contributed by atoms with Gasteiger partial charge in [0.15, 0.2) is 0 Å². The van der Waals surface area contributed by atoms with E-state index in [-0.39, 0.29) is 5.60 Å². The first-order chi connectivity index (χ1) is 6.77. The second-order valence-corrected chi connectivity index (χ2v) is 5.33. The quantitative estimate of drug-likeness (QED) is 0.516. The molecular formula is C12H20O2. The number of hydrogen-bond donors (Lipinski definition) is 1. The molecule has 0 bridgehead atoms. The van der Waals surface area contributed by atoms with E-state index < -0.39 is 5.60 Å². The highest BCUT2D eigenvalue weighted by Crippen LogP contribution is 2.59. The predicted molar refractivity (Wildman–Crippen MR) is 54.1 cm³/mol. The topological polar surface area (TPSA) is 32.8 Å². The van der Waals surface area contributed by atoms with Crippen molar-refractivity contribution in [3.8, 4) is 0 Å². The van der Waals surface area contributed by atoms with Gasteiger partial charge in [0, 0.05) is 0 Å². The van der Waals surface area contributed by atoms with E-state index in [2.05, 4.69) is 0 Å². The number of epoxide rings is 1. The van der Waals surface area contributed by atoms with Gasteiger partial charge in [0.05, 0.1) is 11.7 Å². The Kier molecular flexibility index (Phi) is 1.94. The Labute approximate surface area is 85.6 Å². The van der Waals surface area contributed by atoms with Crippen molar-refractivity contribution in [3.05, 3.63) is 0 Å². The number of hydrogen-bond acceptors (Lipinski definition) is 2. The lowest BCUT2D eigenvalue weighted by molar-refractivity contribution is -0.0526. The largest absolute Gasteiger partial charge is 0.387 e. The van der Waals surface area contributed by atoms with Gasteiger partial charge in [0.1, 0.15) is 5.60 Å². The van der Waals surface area contributed by atoms with Gasteiger partial charge in [-0.2, -0.15) is 0 Å². The summed E-state index contributed by atoms with van der Waals surface area (Å²) < 4.78 is 5.79. The van der Waals surface area contributed by atoms with Crippen molar-refractivity contribution in [3.63, 3.8) is 0 Å². The maximum Gasteiger partial charge on any atom is 0.123 e. The highest BCUT2D eigenvalue weighted by molar-refractivity contribution is 5.18. The van der Waals surface area contributed by atoms with Gasteiger partial charge in [0.25, 0.3) is 0 Å². The summed E-state index contributed by atoms with van der Waals surface area (Å²) in [5, 5.41) is 10.7. The van der Waals surface area contributed by atoms with Gasteiger partial charge in [0.2, 0.25) is 0 Å². The van der Waals surface area contributed by atoms with Crippen LogP contribution in [0.2, 0.25) is 0 Å². The van der Waals surface area contributed by atoms with Crippen LogP contribution in [-0.4, -0.2) is 22.4 Å². The van der Waals surface area contributed by atoms with E-state index in [0.717, 1.165) is 19.3 Å². The minimum absolute atomic E-state index is 0.0860. The van der Waals surface area contributed by atoms with Crippen molar-refractivity contribution in [2.24, 2.45) is 0 Å². The first kappa shape index (κ1) is 9.17. The highest BCUT2D eigenvalue weighted by atomic mass is 16.6. The number of fused-ring (bicyclic) bond motifs is 1. The van der Waals surface area contributed by atoms with Gasteiger partial charge in [-0.1, -0.05) is 25.7 Å². The SMILES string of the molecule is OC1([C@@]23CCC[C@@H]2O3)CCCCCC1. The third-order valence-electron chi connectivity index (χ3n) is 4.55. The molecule has 3 aliphatic rings. The number of rotatable bonds is 1. The summed E-state index contributed by atoms with van der Waals surface area (Å²) in [5.41, 5.74) is -0.554. The molecule has 2 atom stereocenters. The van der Waals surface area contributed by atoms with Crippen molar-refractivity contribution >= 4 is 0 Å². The lowest BCUT2D eigenvalue weighted by Crippen LogP contribution is -2.45. The Hall–Kier alpha value is -0.0800. The van der Waals surface area contributed by atoms with Gasteiger partial charge in [-0.05, 0) is 32.1 Å². The zero-order chi connectivity index (χ0) is 9.65. The smallest absolute Gasteiger partial charge is 0.123 e. The fourth-order valence-electron chi connectivity index (χ4n) is 3.66. The minimum atomic E-state index is -0.468. The summed E-state index contributed by atoms with van der Waals surface area (Å²) >= 11 is 0. The van der Waals surface area contributed by atoms with E-state index in [1.165, 1.54) is 38.5 Å². The van der Waals surface area contributed by atoms with Crippen molar-refractivity contribution in [1.29, 1.82) is 0 Å². The summed E-state index contributed by atoms with van der Waals surface area (Å²) in [4.78, 5) is 0. The monoisotopic (exact) mass is 196 g/mol. The molecule has 0 unspecified atom stereocenters. The molecule has 2 nitrogen and oxygen atoms in total. The molecule has 1 saturated heterocycles. The summed E-state index contributed by atoms with van der Waals surface area (Å²) in [6.07, 6.45) is 10.9. The van der Waals surface area contributed by atoms with Crippen molar-refractivity contribution in [1.82, 2.24) is 0 Å². The summed E-state index contributed by atoms with van der Waals surface area (Å²) in [6, 6.07) is 0. The Morgan fingerprint density at radius 3 is 2.14 bits per heavy atom. The lowest BCUT2D eigenvalue weighted by atomic mass is 9.79. The van der Waals surface area contributed by atoms with E-state index in [4.69, 9.17) is 4.74 Å². The van der Waals surface area contributed by atoms with Crippen LogP contribution in [0.15, 0.2) is 0 Å². The van der Waals surface area contributed by atoms with Crippen LogP contribution in [0.4, 0.5) is 0 Å². The van der Waals surface area contributed by atoms with Crippen LogP contribution in [-0.2, 0) is 4.74 Å². The van der Waals surface area contributed by atoms with Crippen LogP contribution in [0.5, 0.6) is 0 Å². The molecule has 1 N–H and O–H groups in total. The Bertz CT molecular complexity index is 230. The average Bonchev–Trinajstić information content (AvgIpc) is 2.84. The van der Waals surface area contributed by atoms with Crippen molar-refractivity contribution in [2.45, 2.75) is 75.1 Å². The van der Waals surface area contributed by atoms with Crippen molar-refractivity contribution < 1.29 is 9.84 Å². The Balaban J connectivity index is 1.80. The highest BCUT2D eigenvalue weighted by Gasteiger charge is 2.69. The molecule has 1 aliphatic heterocycles. The molecule has 14 heavy (non-hydrogen) atoms. The van der Waals surface area contributed by atoms with Gasteiger partial charge in [-0.15, -0.1) is 0 Å². The van der Waals surface area contributed by atoms with E-state index >= 15 is 0 Å². The molecule has 3 rings (SSSR count). The van der Waals surface area contributed by atoms with E-state index in [1.807, 2.05) is 0 Å². The first-order valence-electron chi connectivity index (χ1n) is 6.17. The molecule has 0 radical (unpaired) electrons. The zero-order valence-electron chi connectivity index (χ0n) is 8.80. The van der Waals surface area contributed by atoms with E-state index in [1.54, 1.807) is 0 Å². The fourth-order valence-corrected chi connectivity index (χ4v) is 3.66. The van der Waals surface area contributed by atoms with Gasteiger partial charge in [-0.3, -0.25) is 0 Å². The number of ether oxygens (including phenoxy) is 1. The standard InChI is InChI=1S/C12H20O2/c13-11(7-3-1-2-4-8-11)12-9-5-6-10(12)14-12/h10,13H,1-9H2/t10-,12+/m0/s1. The molecule has 80 valence electrons. The maximum absolute atomic E-state index is 10.7. The average molecular weight is 196 g/mol. The molecule has 3 fully saturated rings. The second kappa shape index (κ2) is 2.96. The molecule has 2 saturated carbocycles. The van der Waals surface area contributed by atoms with Crippen LogP contribution in [0, 0.1) is 0 Å². The van der Waals surface area contributed by atoms with Crippen LogP contribution in [0.1, 0.15) is 57.8 Å². The summed E-state index contributed by atoms with van der Waals surface area (Å²) in [7, 11) is 0. The maximum atomic E-state index is 10.7. The molecular weight excluding hydrogens is 176 g/mol. The molecule has 0 spiro atoms. The molecule has 0 amide bonds. The normalized spacial score (nSPS) is 45.6. The molecule has 1 heterocycles. The molecule has 2 heteroatoms. The summed E-state index contributed by atoms with van der Waals surface area (Å²) in [5.74, 6) is 0. The summed E-state index contributed by atoms with van der Waals surface area (Å²) in [6.45, 7) is 0. The van der Waals surface area contributed by atoms with E-state index in [0.29, 0.717) is 6.10 Å². The fraction of sp³-hybridized carbons (Fsp3) is 1.00. The predicted octanol–water partition coefficient (Wildman–Crippen LogP) is 2.39. The van der Waals surface area contributed by atoms with Crippen LogP contribution in [0.25, 0.3) is 0 Å². The second-order valence-electron chi connectivity index (χ2n) is 5.33. The van der Waals surface area contributed by atoms with Crippen LogP contribution >= 0.6 is 0 Å². The van der Waals surface area contributed by atoms with Crippen molar-refractivity contribution in [2.75, 3.05) is 0 Å². The molecule has 0 aromatic heterocycles. The van der Waals surface area contributed by atoms with Gasteiger partial charge in [-0.25, -0.2) is 0 Å². The Morgan fingerprint density at radius 2 is 1.64 bits per heavy atom. The molecule has 2 aliphatic carbocycles. The third kappa shape index (κ3) is 1.10. The number of aliphatic hydroxyl groups is 1. The van der Waals surface area contributed by atoms with Crippen LogP contribution < -0.4 is 0 Å². The van der Waals surface area contributed by atoms with Gasteiger partial charge < -0.3 is 9.84 Å². The van der Waals surface area contributed by atoms with Crippen LogP contribution in [0.3, 0.4) is 0 Å². The van der Waals surface area contributed by atoms with Gasteiger partial charge >= 0.3 is 0 Å². The third-order valence-corrected chi connectivity index (χ3v) is 4.55.